The van der Waals surface area contributed by atoms with E-state index in [4.69, 9.17) is 32.7 Å². The lowest BCUT2D eigenvalue weighted by molar-refractivity contribution is -0.884. The lowest BCUT2D eigenvalue weighted by Crippen LogP contribution is -2.55. The van der Waals surface area contributed by atoms with Crippen molar-refractivity contribution < 1.29 is 14.1 Å². The SMILES string of the molecule is COc1cc(CC[N+]2([O-])CCN([O-])CC2)ccc1COc1cccc2c(Cl)c(Cl)ccc12. The van der Waals surface area contributed by atoms with E-state index in [0.29, 0.717) is 67.3 Å². The van der Waals surface area contributed by atoms with Gasteiger partial charge in [-0.1, -0.05) is 47.5 Å². The summed E-state index contributed by atoms with van der Waals surface area (Å²) in [5, 5.41) is 27.8. The molecule has 0 N–H and O–H groups in total. The van der Waals surface area contributed by atoms with Crippen LogP contribution in [0, 0.1) is 10.4 Å². The minimum atomic E-state index is -0.320. The summed E-state index contributed by atoms with van der Waals surface area (Å²) in [5.41, 5.74) is 1.93. The summed E-state index contributed by atoms with van der Waals surface area (Å²) >= 11 is 12.5. The second-order valence-corrected chi connectivity index (χ2v) is 8.84. The van der Waals surface area contributed by atoms with Crippen LogP contribution in [0.5, 0.6) is 11.5 Å². The summed E-state index contributed by atoms with van der Waals surface area (Å²) < 4.78 is 11.4. The van der Waals surface area contributed by atoms with Crippen molar-refractivity contribution in [3.05, 3.63) is 80.1 Å². The Balaban J connectivity index is 1.45. The second-order valence-electron chi connectivity index (χ2n) is 8.06. The number of benzene rings is 3. The van der Waals surface area contributed by atoms with Gasteiger partial charge < -0.3 is 29.6 Å². The number of nitrogens with zero attached hydrogens (tertiary/aromatic N) is 2. The number of halogens is 2. The number of hydrogen-bond acceptors (Lipinski definition) is 5. The van der Waals surface area contributed by atoms with Crippen LogP contribution >= 0.6 is 23.2 Å². The lowest BCUT2D eigenvalue weighted by Gasteiger charge is -2.50. The highest BCUT2D eigenvalue weighted by Gasteiger charge is 2.21. The first kappa shape index (κ1) is 23.1. The van der Waals surface area contributed by atoms with Crippen LogP contribution in [0.3, 0.4) is 0 Å². The van der Waals surface area contributed by atoms with Crippen molar-refractivity contribution in [2.24, 2.45) is 0 Å². The van der Waals surface area contributed by atoms with Gasteiger partial charge in [-0.05, 0) is 29.8 Å². The van der Waals surface area contributed by atoms with Gasteiger partial charge in [0.2, 0.25) is 0 Å². The summed E-state index contributed by atoms with van der Waals surface area (Å²) in [7, 11) is 1.62. The molecule has 0 bridgehead atoms. The van der Waals surface area contributed by atoms with Crippen LogP contribution in [0.4, 0.5) is 0 Å². The molecule has 0 saturated carbocycles. The molecule has 0 unspecified atom stereocenters. The molecule has 1 aliphatic heterocycles. The van der Waals surface area contributed by atoms with Gasteiger partial charge in [0.15, 0.2) is 0 Å². The normalized spacial score (nSPS) is 16.3. The van der Waals surface area contributed by atoms with Crippen LogP contribution in [0.25, 0.3) is 10.8 Å². The van der Waals surface area contributed by atoms with Crippen LogP contribution in [-0.2, 0) is 13.0 Å². The number of hydrogen-bond donors (Lipinski definition) is 0. The molecule has 0 amide bonds. The molecule has 0 spiro atoms. The van der Waals surface area contributed by atoms with E-state index in [9.17, 15) is 10.4 Å². The van der Waals surface area contributed by atoms with E-state index in [1.807, 2.05) is 42.5 Å². The minimum Gasteiger partial charge on any atom is -0.785 e. The quantitative estimate of drug-likeness (QED) is 0.337. The van der Waals surface area contributed by atoms with Crippen molar-refractivity contribution >= 4 is 34.0 Å². The number of hydroxylamine groups is 5. The first-order chi connectivity index (χ1) is 15.4. The smallest absolute Gasteiger partial charge is 0.127 e. The summed E-state index contributed by atoms with van der Waals surface area (Å²) in [5.74, 6) is 1.42. The molecule has 0 radical (unpaired) electrons. The Kier molecular flexibility index (Phi) is 7.10. The van der Waals surface area contributed by atoms with Gasteiger partial charge in [-0.15, -0.1) is 0 Å². The maximum atomic E-state index is 12.8. The van der Waals surface area contributed by atoms with E-state index in [1.54, 1.807) is 13.2 Å². The zero-order chi connectivity index (χ0) is 22.7. The van der Waals surface area contributed by atoms with Crippen molar-refractivity contribution in [2.75, 3.05) is 39.8 Å². The highest BCUT2D eigenvalue weighted by molar-refractivity contribution is 6.45. The number of rotatable bonds is 7. The molecule has 1 fully saturated rings. The van der Waals surface area contributed by atoms with Crippen LogP contribution < -0.4 is 9.47 Å². The van der Waals surface area contributed by atoms with Crippen molar-refractivity contribution in [3.8, 4) is 11.5 Å². The average Bonchev–Trinajstić information content (AvgIpc) is 2.81. The molecule has 4 rings (SSSR count). The zero-order valence-electron chi connectivity index (χ0n) is 17.9. The summed E-state index contributed by atoms with van der Waals surface area (Å²) in [6, 6.07) is 15.3. The molecule has 3 aromatic rings. The third kappa shape index (κ3) is 5.12. The summed E-state index contributed by atoms with van der Waals surface area (Å²) in [6.07, 6.45) is 0.627. The summed E-state index contributed by atoms with van der Waals surface area (Å²) in [6.45, 7) is 2.05. The van der Waals surface area contributed by atoms with Gasteiger partial charge in [0.25, 0.3) is 0 Å². The Morgan fingerprint density at radius 3 is 2.53 bits per heavy atom. The van der Waals surface area contributed by atoms with Crippen molar-refractivity contribution in [1.82, 2.24) is 5.06 Å². The molecule has 1 heterocycles. The third-order valence-corrected chi connectivity index (χ3v) is 6.78. The third-order valence-electron chi connectivity index (χ3n) is 5.97. The standard InChI is InChI=1S/C24H25Cl2N2O4/c1-31-23-15-17(9-12-28(30)13-10-27(29)11-14-28)5-6-18(23)16-32-22-4-2-3-20-19(22)7-8-21(25)24(20)26/h2-8,15H,9-14,16H2,1H3/q-1. The van der Waals surface area contributed by atoms with Crippen LogP contribution in [0.15, 0.2) is 48.5 Å². The molecule has 0 atom stereocenters. The van der Waals surface area contributed by atoms with Gasteiger partial charge in [0.05, 0.1) is 36.8 Å². The van der Waals surface area contributed by atoms with Gasteiger partial charge in [-0.25, -0.2) is 0 Å². The van der Waals surface area contributed by atoms with Gasteiger partial charge in [0.1, 0.15) is 18.1 Å². The molecular formula is C24H25Cl2N2O4-. The van der Waals surface area contributed by atoms with E-state index >= 15 is 0 Å². The van der Waals surface area contributed by atoms with Gasteiger partial charge in [-0.3, -0.25) is 0 Å². The molecule has 0 aliphatic carbocycles. The maximum Gasteiger partial charge on any atom is 0.127 e. The van der Waals surface area contributed by atoms with Gasteiger partial charge in [-0.2, -0.15) is 0 Å². The number of quaternary nitrogens is 1. The fourth-order valence-electron chi connectivity index (χ4n) is 3.98. The van der Waals surface area contributed by atoms with Gasteiger partial charge >= 0.3 is 0 Å². The van der Waals surface area contributed by atoms with Crippen LogP contribution in [0.1, 0.15) is 11.1 Å². The van der Waals surface area contributed by atoms with E-state index in [-0.39, 0.29) is 4.65 Å². The first-order valence-electron chi connectivity index (χ1n) is 10.5. The molecule has 8 heteroatoms. The average molecular weight is 476 g/mol. The molecule has 32 heavy (non-hydrogen) atoms. The first-order valence-corrected chi connectivity index (χ1v) is 11.3. The monoisotopic (exact) mass is 475 g/mol. The van der Waals surface area contributed by atoms with E-state index in [1.165, 1.54) is 0 Å². The molecule has 170 valence electrons. The highest BCUT2D eigenvalue weighted by atomic mass is 35.5. The Morgan fingerprint density at radius 2 is 1.78 bits per heavy atom. The topological polar surface area (TPSA) is 67.8 Å². The highest BCUT2D eigenvalue weighted by Crippen LogP contribution is 2.36. The molecule has 1 aliphatic rings. The van der Waals surface area contributed by atoms with E-state index in [2.05, 4.69) is 0 Å². The van der Waals surface area contributed by atoms with Crippen molar-refractivity contribution in [3.63, 3.8) is 0 Å². The lowest BCUT2D eigenvalue weighted by atomic mass is 10.1. The number of methoxy groups -OCH3 is 1. The van der Waals surface area contributed by atoms with Crippen LogP contribution in [0.2, 0.25) is 10.0 Å². The van der Waals surface area contributed by atoms with E-state index in [0.717, 1.165) is 27.0 Å². The van der Waals surface area contributed by atoms with Gasteiger partial charge in [0, 0.05) is 35.8 Å². The summed E-state index contributed by atoms with van der Waals surface area (Å²) in [4.78, 5) is 0. The van der Waals surface area contributed by atoms with E-state index < -0.39 is 0 Å². The predicted octanol–water partition coefficient (Wildman–Crippen LogP) is 5.40. The Bertz CT molecular complexity index is 1100. The second kappa shape index (κ2) is 9.83. The zero-order valence-corrected chi connectivity index (χ0v) is 19.4. The number of fused-ring (bicyclic) bond motifs is 1. The maximum absolute atomic E-state index is 12.8. The molecular weight excluding hydrogens is 451 g/mol. The fourth-order valence-corrected chi connectivity index (χ4v) is 4.37. The largest absolute Gasteiger partial charge is 0.785 e. The Morgan fingerprint density at radius 1 is 1.00 bits per heavy atom. The predicted molar refractivity (Wildman–Crippen MR) is 128 cm³/mol. The molecule has 1 saturated heterocycles. The number of piperazine rings is 1. The molecule has 0 aromatic heterocycles. The van der Waals surface area contributed by atoms with Crippen LogP contribution in [-0.4, -0.2) is 49.5 Å². The molecule has 3 aromatic carbocycles. The Labute approximate surface area is 197 Å². The van der Waals surface area contributed by atoms with Crippen molar-refractivity contribution in [2.45, 2.75) is 13.0 Å². The van der Waals surface area contributed by atoms with Crippen molar-refractivity contribution in [1.29, 1.82) is 0 Å². The minimum absolute atomic E-state index is 0.300. The Hall–Kier alpha value is -2.06. The number of ether oxygens (including phenoxy) is 2. The molecule has 6 nitrogen and oxygen atoms in total. The fraction of sp³-hybridized carbons (Fsp3) is 0.333.